The standard InChI is InChI=1S/C22H21NO2S2/c24-22(23-18-7-6-16-11-17(16)12-18)21(27-14-26)13-20-9-8-19(25-20)10-15-4-2-1-3-5-15/h1-2,4,6-9,12-14,16-17H,3,5,10-11H2,(H,23,24)/b21-13-. The number of thioether (sulfide) groups is 1. The topological polar surface area (TPSA) is 42.2 Å². The van der Waals surface area contributed by atoms with Crippen molar-refractivity contribution < 1.29 is 9.21 Å². The molecule has 1 heterocycles. The van der Waals surface area contributed by atoms with Crippen molar-refractivity contribution in [1.82, 2.24) is 5.32 Å². The van der Waals surface area contributed by atoms with Crippen LogP contribution in [0.1, 0.15) is 30.8 Å². The summed E-state index contributed by atoms with van der Waals surface area (Å²) in [6.45, 7) is 0. The summed E-state index contributed by atoms with van der Waals surface area (Å²) < 4.78 is 7.41. The fraction of sp³-hybridized carbons (Fsp3) is 0.273. The first-order valence-electron chi connectivity index (χ1n) is 9.18. The van der Waals surface area contributed by atoms with Crippen LogP contribution < -0.4 is 5.32 Å². The molecule has 0 aliphatic heterocycles. The lowest BCUT2D eigenvalue weighted by Gasteiger charge is -2.10. The molecular formula is C22H21NO2S2. The molecule has 0 bridgehead atoms. The summed E-state index contributed by atoms with van der Waals surface area (Å²) in [6.07, 6.45) is 18.6. The third-order valence-electron chi connectivity index (χ3n) is 4.92. The van der Waals surface area contributed by atoms with Crippen molar-refractivity contribution in [3.05, 3.63) is 76.3 Å². The second-order valence-corrected chi connectivity index (χ2v) is 8.44. The molecule has 1 N–H and O–H groups in total. The van der Waals surface area contributed by atoms with E-state index in [0.717, 1.165) is 30.7 Å². The molecule has 3 nitrogen and oxygen atoms in total. The Morgan fingerprint density at radius 1 is 1.37 bits per heavy atom. The van der Waals surface area contributed by atoms with Crippen molar-refractivity contribution in [1.29, 1.82) is 0 Å². The smallest absolute Gasteiger partial charge is 0.262 e. The zero-order valence-electron chi connectivity index (χ0n) is 14.9. The maximum absolute atomic E-state index is 12.7. The van der Waals surface area contributed by atoms with Crippen LogP contribution in [0.2, 0.25) is 0 Å². The predicted octanol–water partition coefficient (Wildman–Crippen LogP) is 5.34. The van der Waals surface area contributed by atoms with Gasteiger partial charge in [0.1, 0.15) is 11.5 Å². The summed E-state index contributed by atoms with van der Waals surface area (Å²) in [7, 11) is 0. The minimum atomic E-state index is -0.158. The van der Waals surface area contributed by atoms with Crippen LogP contribution in [0.25, 0.3) is 6.08 Å². The van der Waals surface area contributed by atoms with Gasteiger partial charge in [-0.1, -0.05) is 59.9 Å². The average Bonchev–Trinajstić information content (AvgIpc) is 3.32. The molecule has 3 aliphatic rings. The van der Waals surface area contributed by atoms with Crippen LogP contribution in [0.15, 0.2) is 69.2 Å². The Morgan fingerprint density at radius 3 is 3.07 bits per heavy atom. The summed E-state index contributed by atoms with van der Waals surface area (Å²) in [6, 6.07) is 3.88. The Bertz CT molecular complexity index is 901. The van der Waals surface area contributed by atoms with Crippen molar-refractivity contribution in [2.45, 2.75) is 25.7 Å². The molecule has 1 amide bonds. The van der Waals surface area contributed by atoms with Gasteiger partial charge in [-0.2, -0.15) is 0 Å². The number of allylic oxidation sites excluding steroid dienone is 7. The van der Waals surface area contributed by atoms with Gasteiger partial charge in [0.05, 0.1) is 4.91 Å². The number of carbonyl (C=O) groups excluding carboxylic acids is 1. The first-order valence-corrected chi connectivity index (χ1v) is 10.5. The molecule has 3 aliphatic carbocycles. The van der Waals surface area contributed by atoms with Crippen LogP contribution in [0, 0.1) is 11.8 Å². The second-order valence-electron chi connectivity index (χ2n) is 6.99. The van der Waals surface area contributed by atoms with E-state index < -0.39 is 0 Å². The van der Waals surface area contributed by atoms with Crippen molar-refractivity contribution in [3.8, 4) is 0 Å². The van der Waals surface area contributed by atoms with E-state index in [0.29, 0.717) is 22.5 Å². The highest BCUT2D eigenvalue weighted by atomic mass is 32.2. The van der Waals surface area contributed by atoms with Crippen LogP contribution in [-0.4, -0.2) is 10.6 Å². The maximum atomic E-state index is 12.7. The largest absolute Gasteiger partial charge is 0.461 e. The summed E-state index contributed by atoms with van der Waals surface area (Å²) in [5.74, 6) is 2.68. The molecule has 0 saturated heterocycles. The first kappa shape index (κ1) is 18.3. The lowest BCUT2D eigenvalue weighted by atomic mass is 10.0. The monoisotopic (exact) mass is 395 g/mol. The van der Waals surface area contributed by atoms with Gasteiger partial charge in [0.25, 0.3) is 5.91 Å². The third-order valence-corrected chi connectivity index (χ3v) is 5.86. The van der Waals surface area contributed by atoms with E-state index >= 15 is 0 Å². The van der Waals surface area contributed by atoms with Crippen molar-refractivity contribution in [3.63, 3.8) is 0 Å². The number of amides is 1. The number of nitrogens with one attached hydrogen (secondary N) is 1. The quantitative estimate of drug-likeness (QED) is 0.500. The van der Waals surface area contributed by atoms with Gasteiger partial charge in [-0.05, 0) is 49.3 Å². The van der Waals surface area contributed by atoms with Gasteiger partial charge in [0, 0.05) is 22.9 Å². The van der Waals surface area contributed by atoms with Crippen LogP contribution in [0.5, 0.6) is 0 Å². The molecular weight excluding hydrogens is 374 g/mol. The summed E-state index contributed by atoms with van der Waals surface area (Å²) in [4.78, 5) is 13.2. The van der Waals surface area contributed by atoms with Crippen LogP contribution in [0.3, 0.4) is 0 Å². The van der Waals surface area contributed by atoms with E-state index in [-0.39, 0.29) is 5.91 Å². The highest BCUT2D eigenvalue weighted by Gasteiger charge is 2.35. The molecule has 4 rings (SSSR count). The molecule has 1 saturated carbocycles. The van der Waals surface area contributed by atoms with Gasteiger partial charge in [-0.3, -0.25) is 4.79 Å². The predicted molar refractivity (Wildman–Crippen MR) is 115 cm³/mol. The van der Waals surface area contributed by atoms with Crippen LogP contribution in [0.4, 0.5) is 0 Å². The van der Waals surface area contributed by atoms with Gasteiger partial charge in [0.15, 0.2) is 0 Å². The van der Waals surface area contributed by atoms with Crippen molar-refractivity contribution in [2.75, 3.05) is 0 Å². The number of furan rings is 1. The zero-order valence-corrected chi connectivity index (χ0v) is 16.5. The van der Waals surface area contributed by atoms with E-state index in [1.807, 2.05) is 18.2 Å². The minimum Gasteiger partial charge on any atom is -0.461 e. The molecule has 0 radical (unpaired) electrons. The van der Waals surface area contributed by atoms with Crippen LogP contribution in [-0.2, 0) is 11.2 Å². The molecule has 0 aromatic carbocycles. The van der Waals surface area contributed by atoms with Crippen LogP contribution >= 0.6 is 24.0 Å². The van der Waals surface area contributed by atoms with E-state index in [1.165, 1.54) is 28.5 Å². The zero-order chi connectivity index (χ0) is 18.6. The first-order chi connectivity index (χ1) is 13.2. The lowest BCUT2D eigenvalue weighted by molar-refractivity contribution is -0.116. The van der Waals surface area contributed by atoms with Crippen molar-refractivity contribution in [2.24, 2.45) is 11.8 Å². The van der Waals surface area contributed by atoms with Crippen molar-refractivity contribution >= 4 is 40.7 Å². The van der Waals surface area contributed by atoms with Gasteiger partial charge in [-0.15, -0.1) is 0 Å². The number of hydrogen-bond acceptors (Lipinski definition) is 4. The number of rotatable bonds is 7. The Hall–Kier alpha value is -2.11. The normalized spacial score (nSPS) is 23.3. The number of fused-ring (bicyclic) bond motifs is 1. The maximum Gasteiger partial charge on any atom is 0.262 e. The summed E-state index contributed by atoms with van der Waals surface area (Å²) in [5.41, 5.74) is 2.23. The SMILES string of the molecule is O=C(NC1=CC2CC2C=C1)/C(=C/c1ccc(CC2=CC=CCC2)o1)SC=S. The molecule has 27 heavy (non-hydrogen) atoms. The average molecular weight is 396 g/mol. The highest BCUT2D eigenvalue weighted by molar-refractivity contribution is 8.24. The molecule has 1 fully saturated rings. The second kappa shape index (κ2) is 8.28. The van der Waals surface area contributed by atoms with Gasteiger partial charge in [0.2, 0.25) is 0 Å². The van der Waals surface area contributed by atoms with Gasteiger partial charge < -0.3 is 9.73 Å². The minimum absolute atomic E-state index is 0.158. The van der Waals surface area contributed by atoms with E-state index in [2.05, 4.69) is 35.7 Å². The highest BCUT2D eigenvalue weighted by Crippen LogP contribution is 2.43. The molecule has 138 valence electrons. The summed E-state index contributed by atoms with van der Waals surface area (Å²) >= 11 is 6.18. The molecule has 2 atom stereocenters. The van der Waals surface area contributed by atoms with E-state index in [1.54, 1.807) is 6.08 Å². The van der Waals surface area contributed by atoms with E-state index in [4.69, 9.17) is 16.6 Å². The van der Waals surface area contributed by atoms with Gasteiger partial charge in [-0.25, -0.2) is 0 Å². The Morgan fingerprint density at radius 2 is 2.30 bits per heavy atom. The van der Waals surface area contributed by atoms with Gasteiger partial charge >= 0.3 is 0 Å². The molecule has 1 aromatic rings. The lowest BCUT2D eigenvalue weighted by Crippen LogP contribution is -2.23. The molecule has 2 unspecified atom stereocenters. The van der Waals surface area contributed by atoms with E-state index in [9.17, 15) is 4.79 Å². The number of hydrogen-bond donors (Lipinski definition) is 1. The fourth-order valence-electron chi connectivity index (χ4n) is 3.36. The third kappa shape index (κ3) is 4.79. The Kier molecular flexibility index (Phi) is 5.60. The molecule has 0 spiro atoms. The number of carbonyl (C=O) groups is 1. The fourth-order valence-corrected chi connectivity index (χ4v) is 4.12. The number of thiocarbonyl (C=S) groups is 1. The Balaban J connectivity index is 1.44. The molecule has 5 heteroatoms. The molecule has 1 aromatic heterocycles. The Labute approximate surface area is 169 Å². The summed E-state index contributed by atoms with van der Waals surface area (Å²) in [5, 5.41) is 2.98.